The summed E-state index contributed by atoms with van der Waals surface area (Å²) in [6.45, 7) is 0.793. The van der Waals surface area contributed by atoms with Crippen molar-refractivity contribution in [2.75, 3.05) is 6.54 Å². The molecule has 1 aliphatic heterocycles. The van der Waals surface area contributed by atoms with Crippen molar-refractivity contribution in [3.8, 4) is 0 Å². The Bertz CT molecular complexity index is 439. The van der Waals surface area contributed by atoms with Gasteiger partial charge in [-0.25, -0.2) is 0 Å². The highest BCUT2D eigenvalue weighted by Gasteiger charge is 2.54. The van der Waals surface area contributed by atoms with Gasteiger partial charge in [0.1, 0.15) is 0 Å². The SMILES string of the molecule is O=C1NC[C@@H](c2ccccc2Br)C12CCC2. The lowest BCUT2D eigenvalue weighted by molar-refractivity contribution is -0.132. The molecule has 1 spiro atoms. The van der Waals surface area contributed by atoms with Crippen molar-refractivity contribution in [1.29, 1.82) is 0 Å². The Morgan fingerprint density at radius 1 is 1.31 bits per heavy atom. The van der Waals surface area contributed by atoms with E-state index in [2.05, 4.69) is 39.4 Å². The predicted molar refractivity (Wildman–Crippen MR) is 66.2 cm³/mol. The number of rotatable bonds is 1. The first-order chi connectivity index (χ1) is 7.74. The fraction of sp³-hybridized carbons (Fsp3) is 0.462. The minimum absolute atomic E-state index is 0.0934. The summed E-state index contributed by atoms with van der Waals surface area (Å²) in [6, 6.07) is 8.26. The molecule has 16 heavy (non-hydrogen) atoms. The summed E-state index contributed by atoms with van der Waals surface area (Å²) in [5.41, 5.74) is 1.18. The van der Waals surface area contributed by atoms with Gasteiger partial charge in [0.05, 0.1) is 5.41 Å². The van der Waals surface area contributed by atoms with E-state index in [9.17, 15) is 4.79 Å². The maximum Gasteiger partial charge on any atom is 0.226 e. The van der Waals surface area contributed by atoms with Crippen molar-refractivity contribution in [2.45, 2.75) is 25.2 Å². The van der Waals surface area contributed by atoms with E-state index in [4.69, 9.17) is 0 Å². The standard InChI is InChI=1S/C13H14BrNO/c14-11-5-2-1-4-9(11)10-8-15-12(16)13(10)6-3-7-13/h1-2,4-5,10H,3,6-8H2,(H,15,16)/t10-/m0/s1. The van der Waals surface area contributed by atoms with E-state index in [1.165, 1.54) is 12.0 Å². The molecular weight excluding hydrogens is 266 g/mol. The predicted octanol–water partition coefficient (Wildman–Crippen LogP) is 2.83. The average Bonchev–Trinajstić information content (AvgIpc) is 2.56. The lowest BCUT2D eigenvalue weighted by Gasteiger charge is -2.40. The normalized spacial score (nSPS) is 26.6. The molecule has 1 aromatic rings. The molecule has 0 aromatic heterocycles. The lowest BCUT2D eigenvalue weighted by atomic mass is 9.61. The van der Waals surface area contributed by atoms with Crippen molar-refractivity contribution in [3.63, 3.8) is 0 Å². The van der Waals surface area contributed by atoms with Crippen molar-refractivity contribution in [1.82, 2.24) is 5.32 Å². The van der Waals surface area contributed by atoms with Crippen LogP contribution in [0.15, 0.2) is 28.7 Å². The Hall–Kier alpha value is -0.830. The van der Waals surface area contributed by atoms with Crippen LogP contribution in [0, 0.1) is 5.41 Å². The third-order valence-electron chi connectivity index (χ3n) is 4.11. The summed E-state index contributed by atoms with van der Waals surface area (Å²) < 4.78 is 1.13. The van der Waals surface area contributed by atoms with Crippen molar-refractivity contribution < 1.29 is 4.79 Å². The first-order valence-corrected chi connectivity index (χ1v) is 6.56. The van der Waals surface area contributed by atoms with Crippen molar-refractivity contribution in [3.05, 3.63) is 34.3 Å². The number of nitrogens with one attached hydrogen (secondary N) is 1. The van der Waals surface area contributed by atoms with Crippen LogP contribution in [0.1, 0.15) is 30.7 Å². The summed E-state index contributed by atoms with van der Waals surface area (Å²) in [6.07, 6.45) is 3.28. The van der Waals surface area contributed by atoms with Crippen LogP contribution in [-0.4, -0.2) is 12.5 Å². The largest absolute Gasteiger partial charge is 0.355 e. The van der Waals surface area contributed by atoms with E-state index in [0.29, 0.717) is 5.92 Å². The number of hydrogen-bond donors (Lipinski definition) is 1. The highest BCUT2D eigenvalue weighted by Crippen LogP contribution is 2.54. The van der Waals surface area contributed by atoms with Gasteiger partial charge in [-0.3, -0.25) is 4.79 Å². The van der Waals surface area contributed by atoms with E-state index >= 15 is 0 Å². The molecule has 0 unspecified atom stereocenters. The monoisotopic (exact) mass is 279 g/mol. The minimum atomic E-state index is -0.0934. The quantitative estimate of drug-likeness (QED) is 0.842. The highest BCUT2D eigenvalue weighted by molar-refractivity contribution is 9.10. The number of hydrogen-bond acceptors (Lipinski definition) is 1. The zero-order chi connectivity index (χ0) is 11.2. The molecule has 0 radical (unpaired) electrons. The number of carbonyl (C=O) groups excluding carboxylic acids is 1. The van der Waals surface area contributed by atoms with Crippen LogP contribution in [0.3, 0.4) is 0 Å². The van der Waals surface area contributed by atoms with Gasteiger partial charge in [0.2, 0.25) is 5.91 Å². The van der Waals surface area contributed by atoms with Gasteiger partial charge in [0.25, 0.3) is 0 Å². The zero-order valence-electron chi connectivity index (χ0n) is 9.00. The topological polar surface area (TPSA) is 29.1 Å². The Morgan fingerprint density at radius 2 is 2.06 bits per heavy atom. The number of amides is 1. The minimum Gasteiger partial charge on any atom is -0.355 e. The van der Waals surface area contributed by atoms with Gasteiger partial charge in [-0.15, -0.1) is 0 Å². The Morgan fingerprint density at radius 3 is 2.69 bits per heavy atom. The van der Waals surface area contributed by atoms with E-state index in [1.54, 1.807) is 0 Å². The smallest absolute Gasteiger partial charge is 0.226 e. The molecule has 1 aliphatic carbocycles. The molecule has 0 bridgehead atoms. The van der Waals surface area contributed by atoms with E-state index in [0.717, 1.165) is 23.9 Å². The molecule has 1 atom stereocenters. The first kappa shape index (κ1) is 10.3. The molecule has 1 amide bonds. The lowest BCUT2D eigenvalue weighted by Crippen LogP contribution is -2.40. The number of benzene rings is 1. The van der Waals surface area contributed by atoms with E-state index in [-0.39, 0.29) is 11.3 Å². The van der Waals surface area contributed by atoms with Gasteiger partial charge in [0.15, 0.2) is 0 Å². The van der Waals surface area contributed by atoms with Crippen molar-refractivity contribution >= 4 is 21.8 Å². The molecule has 1 aromatic carbocycles. The summed E-state index contributed by atoms with van der Waals surface area (Å²) in [4.78, 5) is 11.9. The molecule has 3 rings (SSSR count). The summed E-state index contributed by atoms with van der Waals surface area (Å²) >= 11 is 3.59. The van der Waals surface area contributed by atoms with Crippen LogP contribution in [0.2, 0.25) is 0 Å². The van der Waals surface area contributed by atoms with E-state index in [1.807, 2.05) is 6.07 Å². The van der Waals surface area contributed by atoms with Crippen LogP contribution in [0.25, 0.3) is 0 Å². The van der Waals surface area contributed by atoms with Crippen molar-refractivity contribution in [2.24, 2.45) is 5.41 Å². The van der Waals surface area contributed by atoms with Gasteiger partial charge in [-0.1, -0.05) is 40.5 Å². The maximum atomic E-state index is 11.9. The van der Waals surface area contributed by atoms with Gasteiger partial charge < -0.3 is 5.32 Å². The van der Waals surface area contributed by atoms with Gasteiger partial charge >= 0.3 is 0 Å². The van der Waals surface area contributed by atoms with Crippen LogP contribution in [0.4, 0.5) is 0 Å². The molecule has 3 heteroatoms. The second-order valence-corrected chi connectivity index (χ2v) is 5.65. The Balaban J connectivity index is 2.02. The van der Waals surface area contributed by atoms with Gasteiger partial charge in [0, 0.05) is 16.9 Å². The fourth-order valence-corrected chi connectivity index (χ4v) is 3.58. The van der Waals surface area contributed by atoms with Gasteiger partial charge in [-0.05, 0) is 24.5 Å². The molecule has 1 saturated carbocycles. The molecule has 1 N–H and O–H groups in total. The third kappa shape index (κ3) is 1.27. The molecule has 1 saturated heterocycles. The van der Waals surface area contributed by atoms with Crippen LogP contribution >= 0.6 is 15.9 Å². The summed E-state index contributed by atoms with van der Waals surface area (Å²) in [7, 11) is 0. The summed E-state index contributed by atoms with van der Waals surface area (Å²) in [5.74, 6) is 0.615. The second kappa shape index (κ2) is 3.59. The third-order valence-corrected chi connectivity index (χ3v) is 4.83. The maximum absolute atomic E-state index is 11.9. The highest BCUT2D eigenvalue weighted by atomic mass is 79.9. The fourth-order valence-electron chi connectivity index (χ4n) is 3.02. The molecule has 2 aliphatic rings. The summed E-state index contributed by atoms with van der Waals surface area (Å²) in [5, 5.41) is 3.03. The van der Waals surface area contributed by atoms with E-state index < -0.39 is 0 Å². The van der Waals surface area contributed by atoms with Crippen LogP contribution < -0.4 is 5.32 Å². The Labute approximate surface area is 104 Å². The molecule has 1 heterocycles. The average molecular weight is 280 g/mol. The zero-order valence-corrected chi connectivity index (χ0v) is 10.6. The Kier molecular flexibility index (Phi) is 2.32. The van der Waals surface area contributed by atoms with Crippen LogP contribution in [-0.2, 0) is 4.79 Å². The molecular formula is C13H14BrNO. The number of halogens is 1. The second-order valence-electron chi connectivity index (χ2n) is 4.79. The van der Waals surface area contributed by atoms with Gasteiger partial charge in [-0.2, -0.15) is 0 Å². The number of carbonyl (C=O) groups is 1. The molecule has 2 nitrogen and oxygen atoms in total. The molecule has 84 valence electrons. The molecule has 2 fully saturated rings. The first-order valence-electron chi connectivity index (χ1n) is 5.77. The van der Waals surface area contributed by atoms with Crippen LogP contribution in [0.5, 0.6) is 0 Å².